The topological polar surface area (TPSA) is 62.7 Å². The smallest absolute Gasteiger partial charge is 0.407 e. The Morgan fingerprint density at radius 3 is 2.95 bits per heavy atom. The van der Waals surface area contributed by atoms with E-state index < -0.39 is 6.09 Å². The zero-order chi connectivity index (χ0) is 15.5. The number of aryl methyl sites for hydroxylation is 1. The molecule has 1 aliphatic rings. The lowest BCUT2D eigenvalue weighted by Gasteiger charge is -2.29. The van der Waals surface area contributed by atoms with Crippen LogP contribution in [0.25, 0.3) is 10.2 Å². The fraction of sp³-hybridized carbons (Fsp3) is 0.500. The van der Waals surface area contributed by atoms with Gasteiger partial charge in [0.05, 0.1) is 21.8 Å². The highest BCUT2D eigenvalue weighted by molar-refractivity contribution is 7.18. The molecular weight excluding hydrogens is 300 g/mol. The van der Waals surface area contributed by atoms with Crippen molar-refractivity contribution in [3.8, 4) is 5.75 Å². The number of rotatable bonds is 4. The molecule has 1 fully saturated rings. The Morgan fingerprint density at radius 1 is 1.45 bits per heavy atom. The Morgan fingerprint density at radius 2 is 2.23 bits per heavy atom. The summed E-state index contributed by atoms with van der Waals surface area (Å²) in [4.78, 5) is 16.8. The number of thiazole rings is 1. The summed E-state index contributed by atoms with van der Waals surface area (Å²) in [6.07, 6.45) is 2.03. The molecule has 5 nitrogen and oxygen atoms in total. The van der Waals surface area contributed by atoms with E-state index in [1.807, 2.05) is 19.1 Å². The van der Waals surface area contributed by atoms with E-state index in [0.29, 0.717) is 25.6 Å². The van der Waals surface area contributed by atoms with Crippen molar-refractivity contribution in [2.75, 3.05) is 19.7 Å². The predicted molar refractivity (Wildman–Crippen MR) is 86.8 cm³/mol. The molecule has 3 rings (SSSR count). The summed E-state index contributed by atoms with van der Waals surface area (Å²) in [6, 6.07) is 6.04. The quantitative estimate of drug-likeness (QED) is 0.931. The molecule has 1 amide bonds. The number of carboxylic acid groups (broad SMARTS) is 1. The normalized spacial score (nSPS) is 16.1. The molecule has 1 aliphatic heterocycles. The van der Waals surface area contributed by atoms with Gasteiger partial charge in [-0.05, 0) is 44.2 Å². The summed E-state index contributed by atoms with van der Waals surface area (Å²) in [5.41, 5.74) is 0.995. The minimum absolute atomic E-state index is 0.556. The van der Waals surface area contributed by atoms with Crippen LogP contribution >= 0.6 is 11.3 Å². The molecule has 22 heavy (non-hydrogen) atoms. The number of ether oxygens (including phenoxy) is 1. The maximum Gasteiger partial charge on any atom is 0.407 e. The van der Waals surface area contributed by atoms with Gasteiger partial charge in [-0.1, -0.05) is 0 Å². The van der Waals surface area contributed by atoms with Crippen molar-refractivity contribution in [1.29, 1.82) is 0 Å². The molecule has 118 valence electrons. The average Bonchev–Trinajstić information content (AvgIpc) is 2.87. The van der Waals surface area contributed by atoms with Crippen LogP contribution in [0.3, 0.4) is 0 Å². The molecule has 0 atom stereocenters. The van der Waals surface area contributed by atoms with Crippen LogP contribution in [0.4, 0.5) is 4.79 Å². The highest BCUT2D eigenvalue weighted by atomic mass is 32.1. The third-order valence-corrected chi connectivity index (χ3v) is 5.10. The van der Waals surface area contributed by atoms with E-state index in [4.69, 9.17) is 9.84 Å². The first-order valence-electron chi connectivity index (χ1n) is 7.59. The Bertz CT molecular complexity index is 662. The summed E-state index contributed by atoms with van der Waals surface area (Å²) < 4.78 is 7.02. The van der Waals surface area contributed by atoms with Crippen LogP contribution in [0.5, 0.6) is 5.75 Å². The minimum Gasteiger partial charge on any atom is -0.494 e. The second-order valence-corrected chi connectivity index (χ2v) is 6.95. The van der Waals surface area contributed by atoms with Gasteiger partial charge in [0.1, 0.15) is 5.75 Å². The van der Waals surface area contributed by atoms with E-state index in [9.17, 15) is 4.79 Å². The van der Waals surface area contributed by atoms with E-state index in [-0.39, 0.29) is 0 Å². The minimum atomic E-state index is -0.804. The van der Waals surface area contributed by atoms with Gasteiger partial charge < -0.3 is 14.7 Å². The van der Waals surface area contributed by atoms with Crippen LogP contribution in [0.1, 0.15) is 24.3 Å². The zero-order valence-electron chi connectivity index (χ0n) is 12.6. The van der Waals surface area contributed by atoms with Crippen LogP contribution in [0, 0.1) is 12.8 Å². The van der Waals surface area contributed by atoms with E-state index in [1.54, 1.807) is 11.3 Å². The van der Waals surface area contributed by atoms with Crippen LogP contribution in [0.15, 0.2) is 18.2 Å². The molecule has 2 aromatic rings. The fourth-order valence-electron chi connectivity index (χ4n) is 2.87. The standard InChI is InChI=1S/C16H20N2O3S/c1-11-17-14-10-13(2-3-15(14)22-11)21-9-6-12-4-7-18(8-5-12)16(19)20/h2-3,10,12H,4-9H2,1H3,(H,19,20). The van der Waals surface area contributed by atoms with Crippen LogP contribution in [0.2, 0.25) is 0 Å². The van der Waals surface area contributed by atoms with Crippen LogP contribution in [-0.4, -0.2) is 40.8 Å². The SMILES string of the molecule is Cc1nc2cc(OCCC3CCN(C(=O)O)CC3)ccc2s1. The summed E-state index contributed by atoms with van der Waals surface area (Å²) in [7, 11) is 0. The molecular formula is C16H20N2O3S. The van der Waals surface area contributed by atoms with Crippen molar-refractivity contribution in [1.82, 2.24) is 9.88 Å². The van der Waals surface area contributed by atoms with E-state index in [1.165, 1.54) is 9.60 Å². The Balaban J connectivity index is 1.47. The molecule has 0 unspecified atom stereocenters. The van der Waals surface area contributed by atoms with Crippen molar-refractivity contribution in [2.24, 2.45) is 5.92 Å². The average molecular weight is 320 g/mol. The summed E-state index contributed by atoms with van der Waals surface area (Å²) in [6.45, 7) is 3.97. The number of benzene rings is 1. The van der Waals surface area contributed by atoms with Crippen molar-refractivity contribution in [3.05, 3.63) is 23.2 Å². The lowest BCUT2D eigenvalue weighted by atomic mass is 9.94. The molecule has 1 aromatic carbocycles. The zero-order valence-corrected chi connectivity index (χ0v) is 13.4. The van der Waals surface area contributed by atoms with Gasteiger partial charge in [0.2, 0.25) is 0 Å². The molecule has 0 radical (unpaired) electrons. The summed E-state index contributed by atoms with van der Waals surface area (Å²) in [5, 5.41) is 10.0. The van der Waals surface area contributed by atoms with Gasteiger partial charge in [-0.3, -0.25) is 0 Å². The molecule has 1 N–H and O–H groups in total. The van der Waals surface area contributed by atoms with Crippen LogP contribution < -0.4 is 4.74 Å². The highest BCUT2D eigenvalue weighted by Crippen LogP contribution is 2.26. The Kier molecular flexibility index (Phi) is 4.47. The number of piperidine rings is 1. The van der Waals surface area contributed by atoms with Crippen molar-refractivity contribution in [3.63, 3.8) is 0 Å². The number of nitrogens with zero attached hydrogens (tertiary/aromatic N) is 2. The fourth-order valence-corrected chi connectivity index (χ4v) is 3.68. The maximum absolute atomic E-state index is 10.9. The Hall–Kier alpha value is -1.82. The first-order chi connectivity index (χ1) is 10.6. The van der Waals surface area contributed by atoms with Gasteiger partial charge in [0.15, 0.2) is 0 Å². The van der Waals surface area contributed by atoms with Gasteiger partial charge >= 0.3 is 6.09 Å². The molecule has 0 spiro atoms. The summed E-state index contributed by atoms with van der Waals surface area (Å²) in [5.74, 6) is 1.42. The summed E-state index contributed by atoms with van der Waals surface area (Å²) >= 11 is 1.69. The number of carbonyl (C=O) groups is 1. The van der Waals surface area contributed by atoms with Gasteiger partial charge in [-0.25, -0.2) is 9.78 Å². The van der Waals surface area contributed by atoms with Gasteiger partial charge in [-0.15, -0.1) is 11.3 Å². The monoisotopic (exact) mass is 320 g/mol. The van der Waals surface area contributed by atoms with Crippen molar-refractivity contribution >= 4 is 27.6 Å². The molecule has 0 bridgehead atoms. The molecule has 6 heteroatoms. The first-order valence-corrected chi connectivity index (χ1v) is 8.41. The molecule has 1 saturated heterocycles. The largest absolute Gasteiger partial charge is 0.494 e. The highest BCUT2D eigenvalue weighted by Gasteiger charge is 2.21. The van der Waals surface area contributed by atoms with Gasteiger partial charge in [-0.2, -0.15) is 0 Å². The number of fused-ring (bicyclic) bond motifs is 1. The number of hydrogen-bond donors (Lipinski definition) is 1. The van der Waals surface area contributed by atoms with Crippen LogP contribution in [-0.2, 0) is 0 Å². The number of aromatic nitrogens is 1. The molecule has 2 heterocycles. The number of amides is 1. The van der Waals surface area contributed by atoms with E-state index in [2.05, 4.69) is 11.1 Å². The van der Waals surface area contributed by atoms with Gasteiger partial charge in [0, 0.05) is 19.2 Å². The third-order valence-electron chi connectivity index (χ3n) is 4.15. The maximum atomic E-state index is 10.9. The number of likely N-dealkylation sites (tertiary alicyclic amines) is 1. The molecule has 0 aliphatic carbocycles. The van der Waals surface area contributed by atoms with Crippen molar-refractivity contribution < 1.29 is 14.6 Å². The van der Waals surface area contributed by atoms with E-state index in [0.717, 1.165) is 35.5 Å². The third kappa shape index (κ3) is 3.50. The molecule has 1 aromatic heterocycles. The number of hydrogen-bond acceptors (Lipinski definition) is 4. The lowest BCUT2D eigenvalue weighted by molar-refractivity contribution is 0.119. The van der Waals surface area contributed by atoms with Crippen molar-refractivity contribution in [2.45, 2.75) is 26.2 Å². The second kappa shape index (κ2) is 6.52. The lowest BCUT2D eigenvalue weighted by Crippen LogP contribution is -2.37. The van der Waals surface area contributed by atoms with E-state index >= 15 is 0 Å². The second-order valence-electron chi connectivity index (χ2n) is 5.71. The first kappa shape index (κ1) is 15.1. The predicted octanol–water partition coefficient (Wildman–Crippen LogP) is 3.76. The van der Waals surface area contributed by atoms with Gasteiger partial charge in [0.25, 0.3) is 0 Å². The molecule has 0 saturated carbocycles. The Labute approximate surface area is 133 Å².